The van der Waals surface area contributed by atoms with Crippen molar-refractivity contribution in [2.45, 2.75) is 0 Å². The molecule has 1 saturated heterocycles. The Morgan fingerprint density at radius 3 is 2.12 bits per heavy atom. The molecule has 4 nitrogen and oxygen atoms in total. The maximum atomic E-state index is 14.2. The van der Waals surface area contributed by atoms with Crippen molar-refractivity contribution in [3.8, 4) is 0 Å². The second-order valence-electron chi connectivity index (χ2n) is 6.69. The Bertz CT molecular complexity index is 1080. The Balaban J connectivity index is 1.60. The Morgan fingerprint density at radius 1 is 0.969 bits per heavy atom. The fraction of sp³-hybridized carbons (Fsp3) is 0.200. The Kier molecular flexibility index (Phi) is 7.87. The Morgan fingerprint density at radius 2 is 1.56 bits per heavy atom. The van der Waals surface area contributed by atoms with Crippen molar-refractivity contribution in [1.29, 1.82) is 0 Å². The van der Waals surface area contributed by atoms with Gasteiger partial charge in [0.15, 0.2) is 28.4 Å². The van der Waals surface area contributed by atoms with Crippen LogP contribution in [0.3, 0.4) is 0 Å². The molecule has 1 aliphatic rings. The number of halogens is 7. The van der Waals surface area contributed by atoms with Gasteiger partial charge in [0.1, 0.15) is 10.7 Å². The van der Waals surface area contributed by atoms with Crippen molar-refractivity contribution in [3.63, 3.8) is 0 Å². The van der Waals surface area contributed by atoms with Crippen LogP contribution in [0.1, 0.15) is 5.56 Å². The van der Waals surface area contributed by atoms with Gasteiger partial charge in [0.05, 0.1) is 0 Å². The highest BCUT2D eigenvalue weighted by atomic mass is 35.5. The minimum absolute atomic E-state index is 0.000580. The molecule has 0 saturated carbocycles. The summed E-state index contributed by atoms with van der Waals surface area (Å²) in [6.45, 7) is 0.300. The number of nitrogens with one attached hydrogen (secondary N) is 1. The number of carbonyl (C=O) groups excluding carboxylic acids is 1. The molecule has 3 rings (SSSR count). The summed E-state index contributed by atoms with van der Waals surface area (Å²) in [6, 6.07) is 4.81. The Labute approximate surface area is 201 Å². The van der Waals surface area contributed by atoms with E-state index in [9.17, 15) is 22.4 Å². The van der Waals surface area contributed by atoms with E-state index in [1.165, 1.54) is 18.2 Å². The third-order valence-electron chi connectivity index (χ3n) is 4.68. The van der Waals surface area contributed by atoms with Gasteiger partial charge < -0.3 is 9.80 Å². The highest BCUT2D eigenvalue weighted by molar-refractivity contribution is 7.80. The van der Waals surface area contributed by atoms with Gasteiger partial charge in [-0.25, -0.2) is 17.6 Å². The molecule has 170 valence electrons. The average molecular weight is 527 g/mol. The van der Waals surface area contributed by atoms with Crippen LogP contribution in [0.15, 0.2) is 24.3 Å². The molecule has 0 aromatic heterocycles. The van der Waals surface area contributed by atoms with E-state index in [0.29, 0.717) is 15.6 Å². The molecule has 1 amide bonds. The van der Waals surface area contributed by atoms with Gasteiger partial charge in [-0.15, -0.1) is 0 Å². The van der Waals surface area contributed by atoms with E-state index < -0.39 is 39.9 Å². The lowest BCUT2D eigenvalue weighted by Crippen LogP contribution is -2.53. The third kappa shape index (κ3) is 5.28. The summed E-state index contributed by atoms with van der Waals surface area (Å²) < 4.78 is 55.8. The number of piperazine rings is 1. The van der Waals surface area contributed by atoms with Crippen LogP contribution < -0.4 is 10.2 Å². The number of carbonyl (C=O) groups is 1. The minimum Gasteiger partial charge on any atom is -0.363 e. The smallest absolute Gasteiger partial charge is 0.250 e. The van der Waals surface area contributed by atoms with Crippen LogP contribution in [0.2, 0.25) is 15.1 Å². The van der Waals surface area contributed by atoms with E-state index >= 15 is 0 Å². The maximum absolute atomic E-state index is 14.2. The summed E-state index contributed by atoms with van der Waals surface area (Å²) >= 11 is 22.3. The zero-order chi connectivity index (χ0) is 23.6. The van der Waals surface area contributed by atoms with Crippen molar-refractivity contribution in [2.75, 3.05) is 31.1 Å². The second kappa shape index (κ2) is 10.2. The predicted molar refractivity (Wildman–Crippen MR) is 121 cm³/mol. The second-order valence-corrected chi connectivity index (χ2v) is 8.29. The number of hydrogen-bond donors (Lipinski definition) is 1. The summed E-state index contributed by atoms with van der Waals surface area (Å²) in [4.78, 5) is 14.9. The lowest BCUT2D eigenvalue weighted by molar-refractivity contribution is -0.115. The molecule has 0 radical (unpaired) electrons. The summed E-state index contributed by atoms with van der Waals surface area (Å²) in [5, 5.41) is 2.20. The quantitative estimate of drug-likeness (QED) is 0.190. The van der Waals surface area contributed by atoms with Crippen LogP contribution in [-0.2, 0) is 4.79 Å². The van der Waals surface area contributed by atoms with Gasteiger partial charge >= 0.3 is 0 Å². The summed E-state index contributed by atoms with van der Waals surface area (Å²) in [5.41, 5.74) is -0.251. The fourth-order valence-electron chi connectivity index (χ4n) is 3.03. The van der Waals surface area contributed by atoms with E-state index in [1.807, 2.05) is 0 Å². The Hall–Kier alpha value is -2.07. The van der Waals surface area contributed by atoms with Gasteiger partial charge in [-0.2, -0.15) is 0 Å². The summed E-state index contributed by atoms with van der Waals surface area (Å²) in [5.74, 6) is -6.95. The van der Waals surface area contributed by atoms with Gasteiger partial charge in [0.2, 0.25) is 5.91 Å². The molecule has 1 fully saturated rings. The zero-order valence-electron chi connectivity index (χ0n) is 16.1. The topological polar surface area (TPSA) is 35.6 Å². The number of amides is 1. The highest BCUT2D eigenvalue weighted by Gasteiger charge is 2.30. The first-order valence-electron chi connectivity index (χ1n) is 9.09. The average Bonchev–Trinajstić information content (AvgIpc) is 2.76. The molecule has 32 heavy (non-hydrogen) atoms. The van der Waals surface area contributed by atoms with Crippen molar-refractivity contribution >= 4 is 69.8 Å². The molecule has 2 aromatic rings. The van der Waals surface area contributed by atoms with Crippen LogP contribution in [-0.4, -0.2) is 42.1 Å². The number of anilines is 1. The van der Waals surface area contributed by atoms with E-state index in [1.54, 1.807) is 17.0 Å². The normalized spacial score (nSPS) is 14.2. The summed E-state index contributed by atoms with van der Waals surface area (Å²) in [7, 11) is 0. The van der Waals surface area contributed by atoms with Gasteiger partial charge in [-0.05, 0) is 36.0 Å². The maximum Gasteiger partial charge on any atom is 0.250 e. The number of thiocarbonyl (C=S) groups is 1. The van der Waals surface area contributed by atoms with Crippen LogP contribution in [0, 0.1) is 23.3 Å². The monoisotopic (exact) mass is 525 g/mol. The van der Waals surface area contributed by atoms with E-state index in [2.05, 4.69) is 5.32 Å². The molecular formula is C20H14Cl3F4N3OS. The van der Waals surface area contributed by atoms with Crippen LogP contribution in [0.4, 0.5) is 23.2 Å². The lowest BCUT2D eigenvalue weighted by Gasteiger charge is -2.37. The summed E-state index contributed by atoms with van der Waals surface area (Å²) in [6.07, 6.45) is 2.73. The molecule has 12 heteroatoms. The number of benzene rings is 2. The van der Waals surface area contributed by atoms with Crippen LogP contribution >= 0.6 is 47.0 Å². The minimum atomic E-state index is -1.65. The molecular weight excluding hydrogens is 513 g/mol. The first-order valence-corrected chi connectivity index (χ1v) is 10.6. The molecule has 0 spiro atoms. The van der Waals surface area contributed by atoms with Crippen LogP contribution in [0.25, 0.3) is 6.08 Å². The van der Waals surface area contributed by atoms with Gasteiger partial charge in [0, 0.05) is 42.3 Å². The third-order valence-corrected chi connectivity index (χ3v) is 5.93. The van der Waals surface area contributed by atoms with Crippen molar-refractivity contribution in [2.24, 2.45) is 0 Å². The fourth-order valence-corrected chi connectivity index (χ4v) is 3.95. The molecule has 1 heterocycles. The highest BCUT2D eigenvalue weighted by Crippen LogP contribution is 2.33. The predicted octanol–water partition coefficient (Wildman–Crippen LogP) is 5.44. The van der Waals surface area contributed by atoms with Crippen LogP contribution in [0.5, 0.6) is 0 Å². The van der Waals surface area contributed by atoms with E-state index in [0.717, 1.165) is 4.90 Å². The molecule has 2 aromatic carbocycles. The molecule has 0 unspecified atom stereocenters. The molecule has 1 N–H and O–H groups in total. The zero-order valence-corrected chi connectivity index (χ0v) is 19.2. The first-order chi connectivity index (χ1) is 15.1. The first kappa shape index (κ1) is 24.6. The van der Waals surface area contributed by atoms with Crippen molar-refractivity contribution < 1.29 is 22.4 Å². The number of rotatable bonds is 3. The number of hydrogen-bond acceptors (Lipinski definition) is 3. The van der Waals surface area contributed by atoms with Gasteiger partial charge in [-0.3, -0.25) is 10.1 Å². The standard InChI is InChI=1S/C20H14Cl3F4N3OS/c21-11-3-1-10(12(22)9-11)2-4-13(31)28-20(32)30-7-5-29(6-8-30)19-17(26)15(24)14(23)16(25)18(19)27/h1-4,9H,5-8H2,(H,28,31,32)/b4-2+. The van der Waals surface area contributed by atoms with Gasteiger partial charge in [0.25, 0.3) is 0 Å². The molecule has 0 atom stereocenters. The largest absolute Gasteiger partial charge is 0.363 e. The van der Waals surface area contributed by atoms with Gasteiger partial charge in [-0.1, -0.05) is 40.9 Å². The van der Waals surface area contributed by atoms with Crippen molar-refractivity contribution in [1.82, 2.24) is 10.2 Å². The molecule has 1 aliphatic heterocycles. The SMILES string of the molecule is O=C(/C=C/c1ccc(Cl)cc1Cl)NC(=S)N1CCN(c2c(F)c(F)c(Cl)c(F)c2F)CC1. The lowest BCUT2D eigenvalue weighted by atomic mass is 10.2. The van der Waals surface area contributed by atoms with E-state index in [4.69, 9.17) is 47.0 Å². The molecule has 0 bridgehead atoms. The van der Waals surface area contributed by atoms with E-state index in [-0.39, 0.29) is 31.3 Å². The number of nitrogens with zero attached hydrogens (tertiary/aromatic N) is 2. The molecule has 0 aliphatic carbocycles. The van der Waals surface area contributed by atoms with Crippen molar-refractivity contribution in [3.05, 3.63) is 68.2 Å².